The molecule has 0 aliphatic rings. The SMILES string of the molecule is CCc1ccc(CC(C)C(C)Cl)cc1. The van der Waals surface area contributed by atoms with Gasteiger partial charge in [-0.3, -0.25) is 0 Å². The molecule has 2 atom stereocenters. The zero-order valence-corrected chi connectivity index (χ0v) is 10.0. The number of halogens is 1. The molecule has 0 aromatic heterocycles. The van der Waals surface area contributed by atoms with Gasteiger partial charge < -0.3 is 0 Å². The predicted molar refractivity (Wildman–Crippen MR) is 64.0 cm³/mol. The van der Waals surface area contributed by atoms with E-state index in [-0.39, 0.29) is 5.38 Å². The molecule has 0 fully saturated rings. The summed E-state index contributed by atoms with van der Waals surface area (Å²) in [7, 11) is 0. The maximum atomic E-state index is 6.04. The van der Waals surface area contributed by atoms with Gasteiger partial charge in [0.25, 0.3) is 0 Å². The van der Waals surface area contributed by atoms with Crippen LogP contribution >= 0.6 is 11.6 Å². The Morgan fingerprint density at radius 3 is 2.00 bits per heavy atom. The Labute approximate surface area is 92.3 Å². The Hall–Kier alpha value is -0.490. The third kappa shape index (κ3) is 3.34. The topological polar surface area (TPSA) is 0 Å². The van der Waals surface area contributed by atoms with Crippen LogP contribution in [0.3, 0.4) is 0 Å². The zero-order valence-electron chi connectivity index (χ0n) is 9.26. The van der Waals surface area contributed by atoms with E-state index < -0.39 is 0 Å². The summed E-state index contributed by atoms with van der Waals surface area (Å²) in [5, 5.41) is 0.251. The minimum Gasteiger partial charge on any atom is -0.123 e. The molecule has 0 radical (unpaired) electrons. The largest absolute Gasteiger partial charge is 0.123 e. The first-order chi connectivity index (χ1) is 6.63. The molecule has 0 amide bonds. The van der Waals surface area contributed by atoms with Gasteiger partial charge in [-0.15, -0.1) is 11.6 Å². The average Bonchev–Trinajstić information content (AvgIpc) is 2.19. The van der Waals surface area contributed by atoms with E-state index in [1.54, 1.807) is 0 Å². The molecule has 2 unspecified atom stereocenters. The Bertz CT molecular complexity index is 261. The predicted octanol–water partition coefficient (Wildman–Crippen LogP) is 4.05. The Morgan fingerprint density at radius 2 is 1.57 bits per heavy atom. The molecule has 0 saturated heterocycles. The zero-order chi connectivity index (χ0) is 10.6. The summed E-state index contributed by atoms with van der Waals surface area (Å²) in [5.41, 5.74) is 2.79. The van der Waals surface area contributed by atoms with Gasteiger partial charge in [-0.05, 0) is 36.8 Å². The van der Waals surface area contributed by atoms with Gasteiger partial charge in [0.1, 0.15) is 0 Å². The third-order valence-electron chi connectivity index (χ3n) is 2.77. The second-order valence-corrected chi connectivity index (χ2v) is 4.72. The van der Waals surface area contributed by atoms with E-state index in [0.717, 1.165) is 12.8 Å². The molecule has 0 N–H and O–H groups in total. The van der Waals surface area contributed by atoms with E-state index >= 15 is 0 Å². The molecule has 1 aromatic carbocycles. The third-order valence-corrected chi connectivity index (χ3v) is 3.20. The molecule has 0 nitrogen and oxygen atoms in total. The van der Waals surface area contributed by atoms with Crippen LogP contribution in [-0.2, 0) is 12.8 Å². The highest BCUT2D eigenvalue weighted by Crippen LogP contribution is 2.16. The van der Waals surface area contributed by atoms with E-state index in [1.165, 1.54) is 11.1 Å². The molecule has 14 heavy (non-hydrogen) atoms. The van der Waals surface area contributed by atoms with Gasteiger partial charge in [0.15, 0.2) is 0 Å². The van der Waals surface area contributed by atoms with Crippen LogP contribution < -0.4 is 0 Å². The molecule has 0 saturated carbocycles. The van der Waals surface area contributed by atoms with Gasteiger partial charge in [-0.2, -0.15) is 0 Å². The standard InChI is InChI=1S/C13H19Cl/c1-4-12-5-7-13(8-6-12)9-10(2)11(3)14/h5-8,10-11H,4,9H2,1-3H3. The van der Waals surface area contributed by atoms with Crippen LogP contribution in [0.25, 0.3) is 0 Å². The Balaban J connectivity index is 2.59. The molecule has 1 heteroatoms. The van der Waals surface area contributed by atoms with Gasteiger partial charge in [0.05, 0.1) is 0 Å². The fourth-order valence-electron chi connectivity index (χ4n) is 1.45. The van der Waals surface area contributed by atoms with Crippen molar-refractivity contribution in [2.45, 2.75) is 39.0 Å². The number of rotatable bonds is 4. The molecular formula is C13H19Cl. The van der Waals surface area contributed by atoms with Crippen molar-refractivity contribution in [1.82, 2.24) is 0 Å². The van der Waals surface area contributed by atoms with Crippen molar-refractivity contribution < 1.29 is 0 Å². The van der Waals surface area contributed by atoms with Crippen molar-refractivity contribution in [3.05, 3.63) is 35.4 Å². The fraction of sp³-hybridized carbons (Fsp3) is 0.538. The lowest BCUT2D eigenvalue weighted by atomic mass is 9.97. The van der Waals surface area contributed by atoms with E-state index in [1.807, 2.05) is 0 Å². The quantitative estimate of drug-likeness (QED) is 0.658. The van der Waals surface area contributed by atoms with Gasteiger partial charge in [0.2, 0.25) is 0 Å². The summed E-state index contributed by atoms with van der Waals surface area (Å²) in [6.45, 7) is 6.44. The summed E-state index contributed by atoms with van der Waals surface area (Å²) in [6.07, 6.45) is 2.19. The smallest absolute Gasteiger partial charge is 0.0336 e. The molecule has 1 rings (SSSR count). The minimum atomic E-state index is 0.251. The van der Waals surface area contributed by atoms with E-state index in [9.17, 15) is 0 Å². The molecule has 0 bridgehead atoms. The van der Waals surface area contributed by atoms with Crippen molar-refractivity contribution in [1.29, 1.82) is 0 Å². The number of alkyl halides is 1. The van der Waals surface area contributed by atoms with Crippen LogP contribution in [0.1, 0.15) is 31.9 Å². The van der Waals surface area contributed by atoms with Crippen molar-refractivity contribution >= 4 is 11.6 Å². The van der Waals surface area contributed by atoms with Crippen LogP contribution in [-0.4, -0.2) is 5.38 Å². The number of hydrogen-bond donors (Lipinski definition) is 0. The summed E-state index contributed by atoms with van der Waals surface area (Å²) in [4.78, 5) is 0. The van der Waals surface area contributed by atoms with Crippen molar-refractivity contribution in [3.63, 3.8) is 0 Å². The second-order valence-electron chi connectivity index (χ2n) is 4.03. The van der Waals surface area contributed by atoms with Crippen molar-refractivity contribution in [2.24, 2.45) is 5.92 Å². The fourth-order valence-corrected chi connectivity index (χ4v) is 1.53. The lowest BCUT2D eigenvalue weighted by Gasteiger charge is -2.13. The van der Waals surface area contributed by atoms with Gasteiger partial charge >= 0.3 is 0 Å². The van der Waals surface area contributed by atoms with Gasteiger partial charge in [-0.25, -0.2) is 0 Å². The maximum Gasteiger partial charge on any atom is 0.0336 e. The first-order valence-electron chi connectivity index (χ1n) is 5.35. The summed E-state index contributed by atoms with van der Waals surface area (Å²) in [5.74, 6) is 0.546. The monoisotopic (exact) mass is 210 g/mol. The highest BCUT2D eigenvalue weighted by molar-refractivity contribution is 6.20. The van der Waals surface area contributed by atoms with E-state index in [4.69, 9.17) is 11.6 Å². The van der Waals surface area contributed by atoms with Crippen molar-refractivity contribution in [3.8, 4) is 0 Å². The molecule has 0 heterocycles. The molecule has 1 aromatic rings. The number of hydrogen-bond acceptors (Lipinski definition) is 0. The summed E-state index contributed by atoms with van der Waals surface area (Å²) in [6, 6.07) is 8.85. The van der Waals surface area contributed by atoms with Crippen LogP contribution in [0.2, 0.25) is 0 Å². The van der Waals surface area contributed by atoms with Gasteiger partial charge in [-0.1, -0.05) is 38.1 Å². The van der Waals surface area contributed by atoms with Crippen LogP contribution in [0, 0.1) is 5.92 Å². The Morgan fingerprint density at radius 1 is 1.07 bits per heavy atom. The maximum absolute atomic E-state index is 6.04. The minimum absolute atomic E-state index is 0.251. The number of benzene rings is 1. The summed E-state index contributed by atoms with van der Waals surface area (Å²) >= 11 is 6.04. The first-order valence-corrected chi connectivity index (χ1v) is 5.79. The molecular weight excluding hydrogens is 192 g/mol. The molecule has 78 valence electrons. The van der Waals surface area contributed by atoms with Crippen molar-refractivity contribution in [2.75, 3.05) is 0 Å². The lowest BCUT2D eigenvalue weighted by Crippen LogP contribution is -2.10. The highest BCUT2D eigenvalue weighted by atomic mass is 35.5. The molecule has 0 aliphatic heterocycles. The average molecular weight is 211 g/mol. The second kappa shape index (κ2) is 5.41. The number of aryl methyl sites for hydroxylation is 1. The van der Waals surface area contributed by atoms with Crippen LogP contribution in [0.4, 0.5) is 0 Å². The highest BCUT2D eigenvalue weighted by Gasteiger charge is 2.09. The Kier molecular flexibility index (Phi) is 4.47. The van der Waals surface area contributed by atoms with Gasteiger partial charge in [0, 0.05) is 5.38 Å². The molecule has 0 spiro atoms. The first kappa shape index (κ1) is 11.6. The lowest BCUT2D eigenvalue weighted by molar-refractivity contribution is 0.568. The normalized spacial score (nSPS) is 15.1. The summed E-state index contributed by atoms with van der Waals surface area (Å²) < 4.78 is 0. The van der Waals surface area contributed by atoms with E-state index in [0.29, 0.717) is 5.92 Å². The van der Waals surface area contributed by atoms with Crippen LogP contribution in [0.15, 0.2) is 24.3 Å². The van der Waals surface area contributed by atoms with E-state index in [2.05, 4.69) is 45.0 Å². The van der Waals surface area contributed by atoms with Crippen LogP contribution in [0.5, 0.6) is 0 Å². The molecule has 0 aliphatic carbocycles.